The molecule has 0 bridgehead atoms. The van der Waals surface area contributed by atoms with Gasteiger partial charge in [-0.25, -0.2) is 4.39 Å². The molecule has 0 aliphatic heterocycles. The fourth-order valence-electron chi connectivity index (χ4n) is 1.33. The second kappa shape index (κ2) is 6.15. The first kappa shape index (κ1) is 15.3. The van der Waals surface area contributed by atoms with E-state index in [-0.39, 0.29) is 11.4 Å². The zero-order chi connectivity index (χ0) is 14.8. The average molecular weight is 360 g/mol. The molecule has 1 heterocycles. The molecule has 0 atom stereocenters. The number of hydrogen-bond donors (Lipinski definition) is 1. The molecule has 0 amide bonds. The van der Waals surface area contributed by atoms with Crippen LogP contribution < -0.4 is 10.1 Å². The van der Waals surface area contributed by atoms with E-state index in [0.29, 0.717) is 22.0 Å². The van der Waals surface area contributed by atoms with E-state index in [1.165, 1.54) is 17.4 Å². The molecular formula is C13H15BrFN3OS. The first-order valence-electron chi connectivity index (χ1n) is 6.04. The largest absolute Gasteiger partial charge is 0.430 e. The Labute approximate surface area is 129 Å². The minimum Gasteiger partial charge on any atom is -0.430 e. The van der Waals surface area contributed by atoms with Gasteiger partial charge >= 0.3 is 0 Å². The lowest BCUT2D eigenvalue weighted by Crippen LogP contribution is -2.35. The summed E-state index contributed by atoms with van der Waals surface area (Å²) in [5, 5.41) is 12.6. The highest BCUT2D eigenvalue weighted by molar-refractivity contribution is 9.10. The summed E-state index contributed by atoms with van der Waals surface area (Å²) in [4.78, 5) is 0. The van der Waals surface area contributed by atoms with Crippen LogP contribution in [0.5, 0.6) is 10.9 Å². The summed E-state index contributed by atoms with van der Waals surface area (Å²) in [7, 11) is 0. The zero-order valence-electron chi connectivity index (χ0n) is 11.4. The maximum absolute atomic E-state index is 13.1. The number of rotatable bonds is 4. The molecule has 0 aliphatic rings. The summed E-state index contributed by atoms with van der Waals surface area (Å²) < 4.78 is 19.0. The van der Waals surface area contributed by atoms with E-state index >= 15 is 0 Å². The van der Waals surface area contributed by atoms with Crippen LogP contribution in [0.3, 0.4) is 0 Å². The number of halogens is 2. The van der Waals surface area contributed by atoms with Crippen LogP contribution in [0.25, 0.3) is 0 Å². The van der Waals surface area contributed by atoms with E-state index in [2.05, 4.69) is 52.2 Å². The van der Waals surface area contributed by atoms with Crippen molar-refractivity contribution < 1.29 is 9.13 Å². The van der Waals surface area contributed by atoms with Crippen molar-refractivity contribution in [3.63, 3.8) is 0 Å². The van der Waals surface area contributed by atoms with Crippen LogP contribution in [0.15, 0.2) is 22.7 Å². The van der Waals surface area contributed by atoms with Gasteiger partial charge < -0.3 is 10.1 Å². The van der Waals surface area contributed by atoms with Crippen molar-refractivity contribution >= 4 is 27.3 Å². The lowest BCUT2D eigenvalue weighted by molar-refractivity contribution is 0.423. The van der Waals surface area contributed by atoms with Crippen LogP contribution in [0.4, 0.5) is 4.39 Å². The smallest absolute Gasteiger partial charge is 0.299 e. The predicted molar refractivity (Wildman–Crippen MR) is 80.7 cm³/mol. The topological polar surface area (TPSA) is 47.0 Å². The van der Waals surface area contributed by atoms with E-state index < -0.39 is 0 Å². The van der Waals surface area contributed by atoms with Crippen molar-refractivity contribution in [2.24, 2.45) is 0 Å². The highest BCUT2D eigenvalue weighted by Gasteiger charge is 2.12. The Balaban J connectivity index is 2.00. The second-order valence-corrected chi connectivity index (χ2v) is 7.12. The van der Waals surface area contributed by atoms with Gasteiger partial charge in [0.05, 0.1) is 11.0 Å². The van der Waals surface area contributed by atoms with Gasteiger partial charge in [0, 0.05) is 5.54 Å². The van der Waals surface area contributed by atoms with Crippen LogP contribution in [-0.4, -0.2) is 15.7 Å². The molecule has 0 radical (unpaired) electrons. The van der Waals surface area contributed by atoms with Crippen LogP contribution in [0.1, 0.15) is 25.8 Å². The van der Waals surface area contributed by atoms with Gasteiger partial charge in [-0.15, -0.1) is 5.10 Å². The summed E-state index contributed by atoms with van der Waals surface area (Å²) in [6, 6.07) is 4.45. The Morgan fingerprint density at radius 1 is 1.35 bits per heavy atom. The Hall–Kier alpha value is -1.05. The molecule has 108 valence electrons. The van der Waals surface area contributed by atoms with E-state index in [9.17, 15) is 4.39 Å². The lowest BCUT2D eigenvalue weighted by Gasteiger charge is -2.19. The van der Waals surface area contributed by atoms with E-state index in [0.717, 1.165) is 5.01 Å². The Morgan fingerprint density at radius 2 is 2.10 bits per heavy atom. The number of nitrogens with zero attached hydrogens (tertiary/aromatic N) is 2. The molecule has 20 heavy (non-hydrogen) atoms. The van der Waals surface area contributed by atoms with E-state index in [1.54, 1.807) is 12.1 Å². The highest BCUT2D eigenvalue weighted by atomic mass is 79.9. The molecule has 2 aromatic rings. The third kappa shape index (κ3) is 4.50. The summed E-state index contributed by atoms with van der Waals surface area (Å²) in [6.07, 6.45) is 0. The average Bonchev–Trinajstić information content (AvgIpc) is 2.78. The second-order valence-electron chi connectivity index (χ2n) is 5.24. The van der Waals surface area contributed by atoms with Crippen molar-refractivity contribution in [1.82, 2.24) is 15.5 Å². The first-order valence-corrected chi connectivity index (χ1v) is 7.65. The minimum absolute atomic E-state index is 0.0223. The molecule has 1 aromatic carbocycles. The summed E-state index contributed by atoms with van der Waals surface area (Å²) in [5.74, 6) is 0.189. The van der Waals surface area contributed by atoms with Gasteiger partial charge in [0.2, 0.25) is 0 Å². The van der Waals surface area contributed by atoms with Gasteiger partial charge in [-0.2, -0.15) is 0 Å². The first-order chi connectivity index (χ1) is 9.33. The highest BCUT2D eigenvalue weighted by Crippen LogP contribution is 2.28. The minimum atomic E-state index is -0.329. The quantitative estimate of drug-likeness (QED) is 0.891. The van der Waals surface area contributed by atoms with Crippen LogP contribution in [0, 0.1) is 5.82 Å². The van der Waals surface area contributed by atoms with E-state index in [1.807, 2.05) is 0 Å². The molecule has 1 N–H and O–H groups in total. The molecule has 0 unspecified atom stereocenters. The van der Waals surface area contributed by atoms with Crippen LogP contribution in [-0.2, 0) is 6.54 Å². The van der Waals surface area contributed by atoms with Gasteiger partial charge in [0.25, 0.3) is 5.19 Å². The molecule has 0 fully saturated rings. The molecule has 7 heteroatoms. The third-order valence-electron chi connectivity index (χ3n) is 2.31. The molecule has 0 saturated carbocycles. The van der Waals surface area contributed by atoms with Gasteiger partial charge in [-0.05, 0) is 54.9 Å². The molecule has 0 saturated heterocycles. The van der Waals surface area contributed by atoms with E-state index in [4.69, 9.17) is 4.74 Å². The van der Waals surface area contributed by atoms with Gasteiger partial charge in [-0.1, -0.05) is 16.4 Å². The Morgan fingerprint density at radius 3 is 2.75 bits per heavy atom. The maximum atomic E-state index is 13.1. The van der Waals surface area contributed by atoms with Crippen molar-refractivity contribution in [3.8, 4) is 10.9 Å². The molecule has 0 spiro atoms. The summed E-state index contributed by atoms with van der Waals surface area (Å²) >= 11 is 4.48. The summed E-state index contributed by atoms with van der Waals surface area (Å²) in [6.45, 7) is 6.89. The molecule has 0 aliphatic carbocycles. The normalized spacial score (nSPS) is 11.7. The fraction of sp³-hybridized carbons (Fsp3) is 0.385. The monoisotopic (exact) mass is 359 g/mol. The number of ether oxygens (including phenoxy) is 1. The molecule has 1 aromatic heterocycles. The predicted octanol–water partition coefficient (Wildman–Crippen LogP) is 4.12. The number of benzene rings is 1. The maximum Gasteiger partial charge on any atom is 0.299 e. The van der Waals surface area contributed by atoms with Crippen molar-refractivity contribution in [2.45, 2.75) is 32.9 Å². The molecular weight excluding hydrogens is 345 g/mol. The van der Waals surface area contributed by atoms with Gasteiger partial charge in [-0.3, -0.25) is 0 Å². The number of nitrogens with one attached hydrogen (secondary N) is 1. The van der Waals surface area contributed by atoms with Gasteiger partial charge in [0.1, 0.15) is 16.6 Å². The standard InChI is InChI=1S/C13H15BrFN3OS/c1-13(2,3)16-7-11-17-18-12(20-11)19-8-4-5-10(15)9(14)6-8/h4-6,16H,7H2,1-3H3. The zero-order valence-corrected chi connectivity index (χ0v) is 13.8. The number of hydrogen-bond acceptors (Lipinski definition) is 5. The number of aromatic nitrogens is 2. The van der Waals surface area contributed by atoms with Crippen molar-refractivity contribution in [2.75, 3.05) is 0 Å². The van der Waals surface area contributed by atoms with Gasteiger partial charge in [0.15, 0.2) is 0 Å². The fourth-order valence-corrected chi connectivity index (χ4v) is 2.34. The van der Waals surface area contributed by atoms with Crippen LogP contribution >= 0.6 is 27.3 Å². The third-order valence-corrected chi connectivity index (χ3v) is 3.72. The summed E-state index contributed by atoms with van der Waals surface area (Å²) in [5.41, 5.74) is 0.0223. The Bertz CT molecular complexity index is 598. The lowest BCUT2D eigenvalue weighted by atomic mass is 10.1. The van der Waals surface area contributed by atoms with Crippen LogP contribution in [0.2, 0.25) is 0 Å². The van der Waals surface area contributed by atoms with Crippen molar-refractivity contribution in [1.29, 1.82) is 0 Å². The SMILES string of the molecule is CC(C)(C)NCc1nnc(Oc2ccc(F)c(Br)c2)s1. The molecule has 2 rings (SSSR count). The van der Waals surface area contributed by atoms with Crippen molar-refractivity contribution in [3.05, 3.63) is 33.5 Å². The molecule has 4 nitrogen and oxygen atoms in total. The Kier molecular flexibility index (Phi) is 4.72.